The fourth-order valence-corrected chi connectivity index (χ4v) is 7.97. The lowest BCUT2D eigenvalue weighted by molar-refractivity contribution is -0.132. The molecule has 0 spiro atoms. The number of carbonyl (C=O) groups is 1. The van der Waals surface area contributed by atoms with Crippen molar-refractivity contribution in [2.75, 3.05) is 6.61 Å². The van der Waals surface area contributed by atoms with E-state index in [9.17, 15) is 25.2 Å². The molecule has 0 bridgehead atoms. The summed E-state index contributed by atoms with van der Waals surface area (Å²) in [5.74, 6) is -0.593. The highest BCUT2D eigenvalue weighted by Gasteiger charge is 2.28. The lowest BCUT2D eigenvalue weighted by Crippen LogP contribution is -2.53. The number of aliphatic hydroxyl groups is 4. The van der Waals surface area contributed by atoms with Crippen LogP contribution in [0.5, 0.6) is 0 Å². The number of allylic oxidation sites excluding steroid dienone is 6. The topological polar surface area (TPSA) is 110 Å². The summed E-state index contributed by atoms with van der Waals surface area (Å²) in [6.07, 6.45) is 57.7. The summed E-state index contributed by atoms with van der Waals surface area (Å²) in [6.45, 7) is 4.05. The van der Waals surface area contributed by atoms with Crippen molar-refractivity contribution in [3.63, 3.8) is 0 Å². The molecule has 5 N–H and O–H groups in total. The molecule has 0 aliphatic rings. The molecule has 4 unspecified atom stereocenters. The summed E-state index contributed by atoms with van der Waals surface area (Å²) in [5, 5.41) is 43.8. The predicted octanol–water partition coefficient (Wildman–Crippen LogP) is 14.5. The molecule has 0 aromatic heterocycles. The second-order valence-corrected chi connectivity index (χ2v) is 17.9. The summed E-state index contributed by atoms with van der Waals surface area (Å²) in [7, 11) is 0. The van der Waals surface area contributed by atoms with Gasteiger partial charge in [-0.3, -0.25) is 4.79 Å². The monoisotopic (exact) mass is 832 g/mol. The van der Waals surface area contributed by atoms with Crippen LogP contribution >= 0.6 is 0 Å². The van der Waals surface area contributed by atoms with Crippen molar-refractivity contribution in [2.24, 2.45) is 0 Å². The standard InChI is InChI=1S/C53H101NO5/c1-3-5-7-9-11-13-15-17-19-20-21-22-23-24-25-26-27-28-29-30-31-33-35-37-39-41-43-45-47-51(57)53(59)54-49(48-55)52(58)50(56)46-44-42-40-38-36-34-32-18-16-14-12-10-8-6-4-2/h21-22,24-25,38,40,49-52,55-58H,3-20,23,26-37,39,41-48H2,1-2H3,(H,54,59)/b22-21-,25-24-,40-38+. The molecule has 0 aliphatic heterocycles. The van der Waals surface area contributed by atoms with Crippen molar-refractivity contribution in [1.29, 1.82) is 0 Å². The van der Waals surface area contributed by atoms with Gasteiger partial charge in [0.2, 0.25) is 5.91 Å². The van der Waals surface area contributed by atoms with E-state index in [4.69, 9.17) is 0 Å². The van der Waals surface area contributed by atoms with Gasteiger partial charge >= 0.3 is 0 Å². The lowest BCUT2D eigenvalue weighted by Gasteiger charge is -2.27. The molecule has 6 heteroatoms. The zero-order valence-corrected chi connectivity index (χ0v) is 39.3. The first kappa shape index (κ1) is 57.5. The van der Waals surface area contributed by atoms with E-state index in [1.165, 1.54) is 193 Å². The van der Waals surface area contributed by atoms with Crippen molar-refractivity contribution < 1.29 is 25.2 Å². The number of aliphatic hydroxyl groups excluding tert-OH is 4. The van der Waals surface area contributed by atoms with Gasteiger partial charge in [0.25, 0.3) is 0 Å². The maximum absolute atomic E-state index is 12.6. The summed E-state index contributed by atoms with van der Waals surface area (Å²) < 4.78 is 0. The Bertz CT molecular complexity index is 935. The molecule has 0 radical (unpaired) electrons. The average Bonchev–Trinajstić information content (AvgIpc) is 3.24. The van der Waals surface area contributed by atoms with Crippen molar-refractivity contribution in [3.8, 4) is 0 Å². The van der Waals surface area contributed by atoms with Gasteiger partial charge in [-0.2, -0.15) is 0 Å². The first-order valence-corrected chi connectivity index (χ1v) is 25.9. The number of hydrogen-bond donors (Lipinski definition) is 5. The van der Waals surface area contributed by atoms with Crippen LogP contribution in [-0.2, 0) is 4.79 Å². The number of amides is 1. The van der Waals surface area contributed by atoms with E-state index in [1.807, 2.05) is 0 Å². The number of unbranched alkanes of at least 4 members (excludes halogenated alkanes) is 32. The van der Waals surface area contributed by atoms with Gasteiger partial charge in [-0.1, -0.05) is 230 Å². The maximum Gasteiger partial charge on any atom is 0.249 e. The van der Waals surface area contributed by atoms with E-state index in [0.717, 1.165) is 44.9 Å². The molecule has 0 fully saturated rings. The van der Waals surface area contributed by atoms with Crippen molar-refractivity contribution in [3.05, 3.63) is 36.5 Å². The second-order valence-electron chi connectivity index (χ2n) is 17.9. The fraction of sp³-hybridized carbons (Fsp3) is 0.868. The van der Waals surface area contributed by atoms with Crippen LogP contribution in [-0.4, -0.2) is 57.3 Å². The van der Waals surface area contributed by atoms with Crippen LogP contribution in [0.15, 0.2) is 36.5 Å². The van der Waals surface area contributed by atoms with E-state index in [2.05, 4.69) is 55.6 Å². The highest BCUT2D eigenvalue weighted by molar-refractivity contribution is 5.80. The third-order valence-corrected chi connectivity index (χ3v) is 12.1. The second kappa shape index (κ2) is 47.6. The zero-order valence-electron chi connectivity index (χ0n) is 39.3. The molecule has 0 aliphatic carbocycles. The number of rotatable bonds is 47. The molecule has 6 nitrogen and oxygen atoms in total. The largest absolute Gasteiger partial charge is 0.394 e. The van der Waals surface area contributed by atoms with Gasteiger partial charge in [-0.15, -0.1) is 0 Å². The van der Waals surface area contributed by atoms with Gasteiger partial charge in [0.1, 0.15) is 12.2 Å². The van der Waals surface area contributed by atoms with Gasteiger partial charge < -0.3 is 25.7 Å². The maximum atomic E-state index is 12.6. The summed E-state index contributed by atoms with van der Waals surface area (Å²) >= 11 is 0. The van der Waals surface area contributed by atoms with E-state index in [1.54, 1.807) is 0 Å². The molecule has 0 aromatic carbocycles. The Hall–Kier alpha value is -1.47. The highest BCUT2D eigenvalue weighted by atomic mass is 16.3. The van der Waals surface area contributed by atoms with Crippen LogP contribution in [0.4, 0.5) is 0 Å². The Morgan fingerprint density at radius 2 is 0.746 bits per heavy atom. The minimum absolute atomic E-state index is 0.361. The first-order chi connectivity index (χ1) is 29.0. The van der Waals surface area contributed by atoms with E-state index in [-0.39, 0.29) is 0 Å². The van der Waals surface area contributed by atoms with Gasteiger partial charge in [0.15, 0.2) is 0 Å². The van der Waals surface area contributed by atoms with E-state index in [0.29, 0.717) is 12.8 Å². The highest BCUT2D eigenvalue weighted by Crippen LogP contribution is 2.16. The van der Waals surface area contributed by atoms with Crippen molar-refractivity contribution in [1.82, 2.24) is 5.32 Å². The van der Waals surface area contributed by atoms with Gasteiger partial charge in [0, 0.05) is 0 Å². The molecule has 348 valence electrons. The molecule has 59 heavy (non-hydrogen) atoms. The molecular formula is C53H101NO5. The molecule has 4 atom stereocenters. The smallest absolute Gasteiger partial charge is 0.249 e. The van der Waals surface area contributed by atoms with Gasteiger partial charge in [0.05, 0.1) is 18.8 Å². The SMILES string of the molecule is CCCCCCCCCCC/C=C\C/C=C\CCCCCCCCCCCCCCC(O)C(=O)NC(CO)C(O)C(O)CCC/C=C/CCCCCCCCCCCC. The van der Waals surface area contributed by atoms with E-state index >= 15 is 0 Å². The van der Waals surface area contributed by atoms with Gasteiger partial charge in [-0.05, 0) is 70.6 Å². The predicted molar refractivity (Wildman–Crippen MR) is 256 cm³/mol. The van der Waals surface area contributed by atoms with Crippen LogP contribution < -0.4 is 5.32 Å². The van der Waals surface area contributed by atoms with Crippen LogP contribution in [0.3, 0.4) is 0 Å². The normalized spacial score (nSPS) is 14.2. The van der Waals surface area contributed by atoms with Crippen LogP contribution in [0.25, 0.3) is 0 Å². The molecule has 1 amide bonds. The van der Waals surface area contributed by atoms with Crippen LogP contribution in [0, 0.1) is 0 Å². The first-order valence-electron chi connectivity index (χ1n) is 25.9. The third-order valence-electron chi connectivity index (χ3n) is 12.1. The molecule has 0 saturated carbocycles. The van der Waals surface area contributed by atoms with Crippen LogP contribution in [0.2, 0.25) is 0 Å². The summed E-state index contributed by atoms with van der Waals surface area (Å²) in [5.41, 5.74) is 0. The minimum atomic E-state index is -1.28. The van der Waals surface area contributed by atoms with Crippen LogP contribution in [0.1, 0.15) is 264 Å². The molecule has 0 heterocycles. The fourth-order valence-electron chi connectivity index (χ4n) is 7.97. The van der Waals surface area contributed by atoms with E-state index < -0.39 is 36.9 Å². The Balaban J connectivity index is 3.67. The Kier molecular flexibility index (Phi) is 46.4. The number of carbonyl (C=O) groups excluding carboxylic acids is 1. The Morgan fingerprint density at radius 1 is 0.424 bits per heavy atom. The molecule has 0 aromatic rings. The third kappa shape index (κ3) is 41.6. The number of nitrogens with one attached hydrogen (secondary N) is 1. The van der Waals surface area contributed by atoms with Crippen molar-refractivity contribution >= 4 is 5.91 Å². The molecule has 0 rings (SSSR count). The summed E-state index contributed by atoms with van der Waals surface area (Å²) in [6, 6.07) is -1.00. The van der Waals surface area contributed by atoms with Gasteiger partial charge in [-0.25, -0.2) is 0 Å². The minimum Gasteiger partial charge on any atom is -0.394 e. The van der Waals surface area contributed by atoms with Crippen molar-refractivity contribution in [2.45, 2.75) is 289 Å². The number of hydrogen-bond acceptors (Lipinski definition) is 5. The molecule has 0 saturated heterocycles. The Morgan fingerprint density at radius 3 is 1.12 bits per heavy atom. The zero-order chi connectivity index (χ0) is 43.1. The summed E-state index contributed by atoms with van der Waals surface area (Å²) in [4.78, 5) is 12.6. The Labute approximate surface area is 367 Å². The quantitative estimate of drug-likeness (QED) is 0.0310. The average molecular weight is 832 g/mol. The lowest BCUT2D eigenvalue weighted by atomic mass is 10.00. The molecular weight excluding hydrogens is 731 g/mol.